The van der Waals surface area contributed by atoms with Crippen LogP contribution >= 0.6 is 23.2 Å². The molecule has 1 heterocycles. The highest BCUT2D eigenvalue weighted by Crippen LogP contribution is 2.26. The summed E-state index contributed by atoms with van der Waals surface area (Å²) < 4.78 is 0.944. The normalized spacial score (nSPS) is 14.1. The molecule has 1 aliphatic heterocycles. The zero-order chi connectivity index (χ0) is 14.1. The molecule has 4 heteroatoms. The average Bonchev–Trinajstić information content (AvgIpc) is 2.58. The van der Waals surface area contributed by atoms with E-state index in [0.717, 1.165) is 21.4 Å². The first-order valence-electron chi connectivity index (χ1n) is 6.20. The third kappa shape index (κ3) is 2.33. The Hall–Kier alpha value is -1.77. The Morgan fingerprint density at radius 3 is 2.60 bits per heavy atom. The minimum Gasteiger partial charge on any atom is -0.623 e. The summed E-state index contributed by atoms with van der Waals surface area (Å²) in [4.78, 5) is 0. The molecular formula is C16H11Cl2NO. The van der Waals surface area contributed by atoms with Crippen LogP contribution in [0.2, 0.25) is 10.0 Å². The second-order valence-corrected chi connectivity index (χ2v) is 5.37. The van der Waals surface area contributed by atoms with Crippen LogP contribution in [0.25, 0.3) is 6.08 Å². The van der Waals surface area contributed by atoms with Crippen molar-refractivity contribution in [1.29, 1.82) is 0 Å². The molecular weight excluding hydrogens is 293 g/mol. The molecule has 0 aliphatic carbocycles. The first-order valence-corrected chi connectivity index (χ1v) is 6.95. The fourth-order valence-electron chi connectivity index (χ4n) is 2.31. The van der Waals surface area contributed by atoms with Crippen LogP contribution in [-0.4, -0.2) is 17.0 Å². The third-order valence-corrected chi connectivity index (χ3v) is 3.78. The summed E-state index contributed by atoms with van der Waals surface area (Å²) in [5, 5.41) is 13.5. The van der Waals surface area contributed by atoms with E-state index in [2.05, 4.69) is 0 Å². The lowest BCUT2D eigenvalue weighted by Crippen LogP contribution is -2.19. The van der Waals surface area contributed by atoms with Crippen molar-refractivity contribution in [3.05, 3.63) is 80.5 Å². The van der Waals surface area contributed by atoms with Gasteiger partial charge in [-0.2, -0.15) is 0 Å². The van der Waals surface area contributed by atoms with Gasteiger partial charge in [0.2, 0.25) is 5.71 Å². The number of hydrogen-bond acceptors (Lipinski definition) is 1. The van der Waals surface area contributed by atoms with Crippen molar-refractivity contribution in [3.63, 3.8) is 0 Å². The summed E-state index contributed by atoms with van der Waals surface area (Å²) >= 11 is 12.3. The van der Waals surface area contributed by atoms with Gasteiger partial charge in [0.05, 0.1) is 16.1 Å². The molecule has 3 rings (SSSR count). The van der Waals surface area contributed by atoms with Crippen molar-refractivity contribution < 1.29 is 4.74 Å². The molecule has 2 aromatic rings. The highest BCUT2D eigenvalue weighted by atomic mass is 35.5. The lowest BCUT2D eigenvalue weighted by molar-refractivity contribution is -0.444. The number of fused-ring (bicyclic) bond motifs is 1. The molecule has 0 radical (unpaired) electrons. The summed E-state index contributed by atoms with van der Waals surface area (Å²) in [6.07, 6.45) is 3.77. The smallest absolute Gasteiger partial charge is 0.228 e. The number of rotatable bonds is 1. The third-order valence-electron chi connectivity index (χ3n) is 3.22. The van der Waals surface area contributed by atoms with Crippen LogP contribution in [0.4, 0.5) is 0 Å². The topological polar surface area (TPSA) is 26.1 Å². The van der Waals surface area contributed by atoms with Gasteiger partial charge in [-0.1, -0.05) is 47.5 Å². The van der Waals surface area contributed by atoms with Crippen LogP contribution in [0.3, 0.4) is 0 Å². The monoisotopic (exact) mass is 303 g/mol. The highest BCUT2D eigenvalue weighted by molar-refractivity contribution is 6.35. The van der Waals surface area contributed by atoms with Gasteiger partial charge in [0, 0.05) is 5.02 Å². The number of hydroxylamine groups is 1. The van der Waals surface area contributed by atoms with Crippen LogP contribution in [0.1, 0.15) is 16.7 Å². The van der Waals surface area contributed by atoms with Gasteiger partial charge in [-0.25, -0.2) is 4.74 Å². The Kier molecular flexibility index (Phi) is 3.51. The van der Waals surface area contributed by atoms with Crippen molar-refractivity contribution in [3.8, 4) is 0 Å². The fraction of sp³-hybridized carbons (Fsp3) is 0.0625. The lowest BCUT2D eigenvalue weighted by atomic mass is 9.97. The average molecular weight is 304 g/mol. The molecule has 0 atom stereocenters. The van der Waals surface area contributed by atoms with Gasteiger partial charge in [-0.05, 0) is 35.9 Å². The summed E-state index contributed by atoms with van der Waals surface area (Å²) in [7, 11) is 0. The standard InChI is InChI=1S/C16H11Cl2NO/c17-12-8-7-11-4-3-9-19(20)16(14(11)10-12)13-5-1-2-6-15(13)18/h1-8,10H,9H2. The number of nitrogens with zero attached hydrogens (tertiary/aromatic N) is 1. The van der Waals surface area contributed by atoms with Gasteiger partial charge in [0.15, 0.2) is 6.54 Å². The minimum absolute atomic E-state index is 0.285. The van der Waals surface area contributed by atoms with Gasteiger partial charge in [0.25, 0.3) is 0 Å². The van der Waals surface area contributed by atoms with E-state index in [1.807, 2.05) is 42.5 Å². The van der Waals surface area contributed by atoms with Crippen molar-refractivity contribution in [2.75, 3.05) is 6.54 Å². The van der Waals surface area contributed by atoms with Gasteiger partial charge in [-0.3, -0.25) is 0 Å². The Balaban J connectivity index is 2.30. The molecule has 1 aliphatic rings. The molecule has 0 saturated heterocycles. The fourth-order valence-corrected chi connectivity index (χ4v) is 2.71. The van der Waals surface area contributed by atoms with E-state index in [4.69, 9.17) is 23.2 Å². The minimum atomic E-state index is 0.285. The second kappa shape index (κ2) is 5.31. The van der Waals surface area contributed by atoms with Crippen LogP contribution in [0.15, 0.2) is 48.5 Å². The van der Waals surface area contributed by atoms with Crippen molar-refractivity contribution in [1.82, 2.24) is 0 Å². The van der Waals surface area contributed by atoms with Crippen molar-refractivity contribution in [2.45, 2.75) is 0 Å². The van der Waals surface area contributed by atoms with Gasteiger partial charge >= 0.3 is 0 Å². The first-order chi connectivity index (χ1) is 9.66. The molecule has 0 aromatic heterocycles. The zero-order valence-corrected chi connectivity index (χ0v) is 12.0. The van der Waals surface area contributed by atoms with Crippen LogP contribution in [-0.2, 0) is 0 Å². The SMILES string of the molecule is [O-][N+]1=C(c2ccccc2Cl)c2cc(Cl)ccc2C=CC1. The quantitative estimate of drug-likeness (QED) is 0.567. The molecule has 0 spiro atoms. The molecule has 0 N–H and O–H groups in total. The maximum absolute atomic E-state index is 12.4. The molecule has 0 fully saturated rings. The van der Waals surface area contributed by atoms with E-state index in [0.29, 0.717) is 15.8 Å². The van der Waals surface area contributed by atoms with E-state index in [1.165, 1.54) is 0 Å². The zero-order valence-electron chi connectivity index (χ0n) is 10.5. The van der Waals surface area contributed by atoms with Crippen LogP contribution in [0, 0.1) is 5.21 Å². The van der Waals surface area contributed by atoms with E-state index >= 15 is 0 Å². The molecule has 2 nitrogen and oxygen atoms in total. The van der Waals surface area contributed by atoms with E-state index in [-0.39, 0.29) is 6.54 Å². The summed E-state index contributed by atoms with van der Waals surface area (Å²) in [5.74, 6) is 0. The molecule has 0 unspecified atom stereocenters. The Morgan fingerprint density at radius 1 is 1.00 bits per heavy atom. The van der Waals surface area contributed by atoms with Gasteiger partial charge in [0.1, 0.15) is 0 Å². The number of benzene rings is 2. The summed E-state index contributed by atoms with van der Waals surface area (Å²) in [6, 6.07) is 12.9. The molecule has 0 saturated carbocycles. The molecule has 20 heavy (non-hydrogen) atoms. The van der Waals surface area contributed by atoms with E-state index in [9.17, 15) is 5.21 Å². The van der Waals surface area contributed by atoms with E-state index in [1.54, 1.807) is 12.1 Å². The Bertz CT molecular complexity index is 735. The predicted molar refractivity (Wildman–Crippen MR) is 83.6 cm³/mol. The largest absolute Gasteiger partial charge is 0.623 e. The Morgan fingerprint density at radius 2 is 1.80 bits per heavy atom. The molecule has 0 amide bonds. The van der Waals surface area contributed by atoms with Crippen molar-refractivity contribution >= 4 is 35.0 Å². The maximum Gasteiger partial charge on any atom is 0.228 e. The Labute approximate surface area is 127 Å². The van der Waals surface area contributed by atoms with Gasteiger partial charge in [-0.15, -0.1) is 0 Å². The summed E-state index contributed by atoms with van der Waals surface area (Å²) in [6.45, 7) is 0.285. The van der Waals surface area contributed by atoms with E-state index < -0.39 is 0 Å². The van der Waals surface area contributed by atoms with Crippen LogP contribution < -0.4 is 0 Å². The highest BCUT2D eigenvalue weighted by Gasteiger charge is 2.22. The lowest BCUT2D eigenvalue weighted by Gasteiger charge is -2.12. The van der Waals surface area contributed by atoms with Crippen molar-refractivity contribution in [2.24, 2.45) is 0 Å². The molecule has 100 valence electrons. The number of hydrogen-bond donors (Lipinski definition) is 0. The first kappa shape index (κ1) is 13.2. The molecule has 0 bridgehead atoms. The van der Waals surface area contributed by atoms with Gasteiger partial charge < -0.3 is 5.21 Å². The second-order valence-electron chi connectivity index (χ2n) is 4.52. The maximum atomic E-state index is 12.4. The predicted octanol–water partition coefficient (Wildman–Crippen LogP) is 4.37. The molecule has 2 aromatic carbocycles. The van der Waals surface area contributed by atoms with Crippen LogP contribution in [0.5, 0.6) is 0 Å². The number of halogens is 2. The summed E-state index contributed by atoms with van der Waals surface area (Å²) in [5.41, 5.74) is 3.03.